The summed E-state index contributed by atoms with van der Waals surface area (Å²) in [5.41, 5.74) is 1.55. The Labute approximate surface area is 123 Å². The highest BCUT2D eigenvalue weighted by Crippen LogP contribution is 2.17. The predicted octanol–water partition coefficient (Wildman–Crippen LogP) is 3.14. The number of nitrogens with zero attached hydrogens (tertiary/aromatic N) is 1. The minimum absolute atomic E-state index is 0.218. The second kappa shape index (κ2) is 6.39. The van der Waals surface area contributed by atoms with E-state index in [1.54, 1.807) is 18.2 Å². The van der Waals surface area contributed by atoms with Crippen molar-refractivity contribution in [2.45, 2.75) is 13.0 Å². The molecule has 0 atom stereocenters. The van der Waals surface area contributed by atoms with Crippen LogP contribution in [0.15, 0.2) is 53.5 Å². The molecule has 21 heavy (non-hydrogen) atoms. The second-order valence-electron chi connectivity index (χ2n) is 4.92. The number of ether oxygens (including phenoxy) is 1. The summed E-state index contributed by atoms with van der Waals surface area (Å²) in [6.45, 7) is 2.01. The molecule has 2 aromatic rings. The van der Waals surface area contributed by atoms with Crippen molar-refractivity contribution in [3.8, 4) is 5.75 Å². The lowest BCUT2D eigenvalue weighted by Crippen LogP contribution is -2.30. The van der Waals surface area contributed by atoms with Crippen LogP contribution in [0.2, 0.25) is 0 Å². The van der Waals surface area contributed by atoms with Gasteiger partial charge in [0.2, 0.25) is 0 Å². The molecule has 0 unspecified atom stereocenters. The van der Waals surface area contributed by atoms with Crippen LogP contribution >= 0.6 is 0 Å². The number of hydrogen-bond acceptors (Lipinski definition) is 3. The lowest BCUT2D eigenvalue weighted by atomic mass is 10.1. The number of amidine groups is 1. The van der Waals surface area contributed by atoms with Crippen LogP contribution in [-0.2, 0) is 6.61 Å². The van der Waals surface area contributed by atoms with Crippen LogP contribution in [0.25, 0.3) is 0 Å². The van der Waals surface area contributed by atoms with Gasteiger partial charge in [-0.1, -0.05) is 30.3 Å². The maximum Gasteiger partial charge on any atom is 0.129 e. The molecule has 0 aromatic heterocycles. The van der Waals surface area contributed by atoms with Crippen LogP contribution in [0, 0.1) is 5.82 Å². The first-order valence-corrected chi connectivity index (χ1v) is 7.08. The fourth-order valence-electron chi connectivity index (χ4n) is 2.24. The van der Waals surface area contributed by atoms with Crippen LogP contribution in [0.1, 0.15) is 17.5 Å². The number of rotatable bonds is 4. The largest absolute Gasteiger partial charge is 0.489 e. The molecule has 4 heteroatoms. The van der Waals surface area contributed by atoms with Gasteiger partial charge in [0.05, 0.1) is 0 Å². The molecule has 1 N–H and O–H groups in total. The van der Waals surface area contributed by atoms with Crippen molar-refractivity contribution >= 4 is 5.84 Å². The van der Waals surface area contributed by atoms with E-state index >= 15 is 0 Å². The van der Waals surface area contributed by atoms with Crippen molar-refractivity contribution in [3.63, 3.8) is 0 Å². The van der Waals surface area contributed by atoms with Crippen LogP contribution in [-0.4, -0.2) is 18.9 Å². The van der Waals surface area contributed by atoms with E-state index in [-0.39, 0.29) is 12.4 Å². The van der Waals surface area contributed by atoms with Crippen LogP contribution in [0.3, 0.4) is 0 Å². The van der Waals surface area contributed by atoms with Gasteiger partial charge in [0.15, 0.2) is 0 Å². The van der Waals surface area contributed by atoms with Gasteiger partial charge in [-0.3, -0.25) is 4.99 Å². The molecule has 0 bridgehead atoms. The molecular formula is C17H17FN2O. The zero-order valence-corrected chi connectivity index (χ0v) is 11.7. The molecule has 0 radical (unpaired) electrons. The highest BCUT2D eigenvalue weighted by atomic mass is 19.1. The van der Waals surface area contributed by atoms with Crippen molar-refractivity contribution < 1.29 is 9.13 Å². The van der Waals surface area contributed by atoms with Crippen molar-refractivity contribution in [2.24, 2.45) is 4.99 Å². The smallest absolute Gasteiger partial charge is 0.129 e. The number of halogens is 1. The van der Waals surface area contributed by atoms with Crippen molar-refractivity contribution in [1.29, 1.82) is 0 Å². The molecule has 1 heterocycles. The average molecular weight is 284 g/mol. The summed E-state index contributed by atoms with van der Waals surface area (Å²) in [6, 6.07) is 14.4. The van der Waals surface area contributed by atoms with E-state index in [4.69, 9.17) is 4.74 Å². The van der Waals surface area contributed by atoms with E-state index in [9.17, 15) is 4.39 Å². The maximum absolute atomic E-state index is 13.6. The number of aliphatic imine (C=N–C) groups is 1. The van der Waals surface area contributed by atoms with Gasteiger partial charge in [-0.15, -0.1) is 0 Å². The third-order valence-corrected chi connectivity index (χ3v) is 3.36. The van der Waals surface area contributed by atoms with Crippen molar-refractivity contribution in [2.75, 3.05) is 13.1 Å². The van der Waals surface area contributed by atoms with Gasteiger partial charge in [0.1, 0.15) is 24.0 Å². The number of hydrogen-bond donors (Lipinski definition) is 1. The van der Waals surface area contributed by atoms with Gasteiger partial charge >= 0.3 is 0 Å². The predicted molar refractivity (Wildman–Crippen MR) is 81.2 cm³/mol. The van der Waals surface area contributed by atoms with Gasteiger partial charge in [-0.05, 0) is 24.6 Å². The minimum Gasteiger partial charge on any atom is -0.489 e. The molecule has 1 aliphatic rings. The summed E-state index contributed by atoms with van der Waals surface area (Å²) < 4.78 is 19.2. The fourth-order valence-corrected chi connectivity index (χ4v) is 2.24. The first-order valence-electron chi connectivity index (χ1n) is 7.08. The minimum atomic E-state index is -0.244. The van der Waals surface area contributed by atoms with E-state index in [0.29, 0.717) is 11.3 Å². The van der Waals surface area contributed by atoms with E-state index in [1.807, 2.05) is 24.3 Å². The van der Waals surface area contributed by atoms with Gasteiger partial charge in [-0.25, -0.2) is 4.39 Å². The average Bonchev–Trinajstić information content (AvgIpc) is 2.55. The summed E-state index contributed by atoms with van der Waals surface area (Å²) in [6.07, 6.45) is 1.06. The number of nitrogens with one attached hydrogen (secondary N) is 1. The van der Waals surface area contributed by atoms with Crippen LogP contribution < -0.4 is 10.1 Å². The standard InChI is InChI=1S/C17H17FN2O/c18-16-8-2-1-5-14(16)12-21-15-7-3-6-13(11-15)17-19-9-4-10-20-17/h1-3,5-8,11H,4,9-10,12H2,(H,19,20). The molecule has 0 aliphatic carbocycles. The second-order valence-corrected chi connectivity index (χ2v) is 4.92. The zero-order valence-electron chi connectivity index (χ0n) is 11.7. The van der Waals surface area contributed by atoms with Gasteiger partial charge in [0, 0.05) is 24.2 Å². The SMILES string of the molecule is Fc1ccccc1COc1cccc(C2=NCCCN2)c1. The zero-order chi connectivity index (χ0) is 14.5. The Bertz CT molecular complexity index is 655. The van der Waals surface area contributed by atoms with Crippen LogP contribution in [0.5, 0.6) is 5.75 Å². The van der Waals surface area contributed by atoms with Crippen molar-refractivity contribution in [3.05, 3.63) is 65.5 Å². The van der Waals surface area contributed by atoms with Crippen molar-refractivity contribution in [1.82, 2.24) is 5.32 Å². The fraction of sp³-hybridized carbons (Fsp3) is 0.235. The Hall–Kier alpha value is -2.36. The molecule has 1 aliphatic heterocycles. The Morgan fingerprint density at radius 1 is 1.14 bits per heavy atom. The summed E-state index contributed by atoms with van der Waals surface area (Å²) in [5.74, 6) is 1.37. The van der Waals surface area contributed by atoms with E-state index in [0.717, 1.165) is 30.9 Å². The molecule has 0 spiro atoms. The molecule has 0 saturated carbocycles. The third kappa shape index (κ3) is 3.40. The Balaban J connectivity index is 1.72. The molecule has 3 rings (SSSR count). The summed E-state index contributed by atoms with van der Waals surface area (Å²) in [4.78, 5) is 4.46. The highest BCUT2D eigenvalue weighted by molar-refractivity contribution is 5.99. The molecule has 3 nitrogen and oxygen atoms in total. The first kappa shape index (κ1) is 13.6. The molecule has 2 aromatic carbocycles. The van der Waals surface area contributed by atoms with E-state index in [1.165, 1.54) is 6.07 Å². The quantitative estimate of drug-likeness (QED) is 0.935. The molecule has 108 valence electrons. The van der Waals surface area contributed by atoms with Gasteiger partial charge < -0.3 is 10.1 Å². The lowest BCUT2D eigenvalue weighted by molar-refractivity contribution is 0.300. The molecular weight excluding hydrogens is 267 g/mol. The maximum atomic E-state index is 13.6. The topological polar surface area (TPSA) is 33.6 Å². The van der Waals surface area contributed by atoms with E-state index in [2.05, 4.69) is 10.3 Å². The Morgan fingerprint density at radius 3 is 2.86 bits per heavy atom. The summed E-state index contributed by atoms with van der Waals surface area (Å²) in [5, 5.41) is 3.28. The normalized spacial score (nSPS) is 14.2. The monoisotopic (exact) mass is 284 g/mol. The van der Waals surface area contributed by atoms with Gasteiger partial charge in [-0.2, -0.15) is 0 Å². The molecule has 0 amide bonds. The van der Waals surface area contributed by atoms with E-state index < -0.39 is 0 Å². The highest BCUT2D eigenvalue weighted by Gasteiger charge is 2.08. The molecule has 0 saturated heterocycles. The van der Waals surface area contributed by atoms with Crippen LogP contribution in [0.4, 0.5) is 4.39 Å². The Kier molecular flexibility index (Phi) is 4.15. The summed E-state index contributed by atoms with van der Waals surface area (Å²) >= 11 is 0. The van der Waals surface area contributed by atoms with Gasteiger partial charge in [0.25, 0.3) is 0 Å². The number of benzene rings is 2. The lowest BCUT2D eigenvalue weighted by Gasteiger charge is -2.15. The molecule has 0 fully saturated rings. The third-order valence-electron chi connectivity index (χ3n) is 3.36. The Morgan fingerprint density at radius 2 is 2.05 bits per heavy atom. The summed E-state index contributed by atoms with van der Waals surface area (Å²) in [7, 11) is 0. The first-order chi connectivity index (χ1) is 10.3.